The largest absolute Gasteiger partial charge is 0.293 e. The van der Waals surface area contributed by atoms with Crippen LogP contribution in [0.1, 0.15) is 204 Å². The molecule has 1 aromatic rings. The molecule has 1 aromatic carbocycles. The summed E-state index contributed by atoms with van der Waals surface area (Å²) in [6, 6.07) is 4.26. The molecule has 0 saturated heterocycles. The summed E-state index contributed by atoms with van der Waals surface area (Å²) in [7, 11) is 0. The van der Waals surface area contributed by atoms with E-state index in [1.54, 1.807) is 0 Å². The number of hydrogen-bond donors (Lipinski definition) is 0. The first-order chi connectivity index (χ1) is 34.6. The normalized spacial score (nSPS) is 19.3. The maximum Gasteiger partial charge on any atom is 0.0415 e. The van der Waals surface area contributed by atoms with Crippen LogP contribution < -0.4 is 0 Å². The van der Waals surface area contributed by atoms with Crippen molar-refractivity contribution in [2.45, 2.75) is 182 Å². The lowest BCUT2D eigenvalue weighted by Crippen LogP contribution is -2.00. The van der Waals surface area contributed by atoms with Gasteiger partial charge in [0.25, 0.3) is 0 Å². The first kappa shape index (κ1) is 55.0. The Morgan fingerprint density at radius 1 is 0.386 bits per heavy atom. The summed E-state index contributed by atoms with van der Waals surface area (Å²) < 4.78 is 0. The maximum atomic E-state index is 4.82. The van der Waals surface area contributed by atoms with Gasteiger partial charge < -0.3 is 0 Å². The van der Waals surface area contributed by atoms with E-state index < -0.39 is 0 Å². The van der Waals surface area contributed by atoms with Crippen LogP contribution in [-0.2, 0) is 0 Å². The van der Waals surface area contributed by atoms with E-state index in [0.717, 1.165) is 138 Å². The standard InChI is InChI=1S/C66H82N4/c1-5-29-57-33-21-23-41-65(57)53-69-47-27-11-15-39-63-51-62(38-14-10-26-46-68-50-44-60-36-20-18-32-56(60)8-4)64(40-16-12-28-48-70-54-66-42-24-22-34-58(66)30-6-2)52-61(63)37-13-9-25-45-67-49-43-59-35-19-17-31-55(59)7-3/h5-8,29-30,43-44,49-54H,9-12,17-28,31-36,41-42,45-48H2,1-4H3/b29-5-,30-6-,55-7-,56-8-,59-43-,60-44-,67-49?,68-50?,69-53?,70-54?. The lowest BCUT2D eigenvalue weighted by molar-refractivity contribution is 0.679. The monoisotopic (exact) mass is 931 g/mol. The molecule has 5 rings (SSSR count). The minimum Gasteiger partial charge on any atom is -0.293 e. The molecule has 2 saturated carbocycles. The third kappa shape index (κ3) is 20.6. The van der Waals surface area contributed by atoms with Crippen molar-refractivity contribution in [3.63, 3.8) is 0 Å². The van der Waals surface area contributed by atoms with Gasteiger partial charge in [-0.3, -0.25) is 20.0 Å². The molecule has 0 atom stereocenters. The maximum absolute atomic E-state index is 4.82. The number of rotatable bonds is 18. The number of hydrogen-bond acceptors (Lipinski definition) is 4. The molecule has 4 aliphatic rings. The van der Waals surface area contributed by atoms with Crippen LogP contribution >= 0.6 is 0 Å². The number of benzene rings is 1. The van der Waals surface area contributed by atoms with Gasteiger partial charge in [-0.15, -0.1) is 0 Å². The van der Waals surface area contributed by atoms with Crippen molar-refractivity contribution in [2.75, 3.05) is 26.2 Å². The lowest BCUT2D eigenvalue weighted by atomic mass is 9.89. The molecule has 0 spiro atoms. The van der Waals surface area contributed by atoms with E-state index in [0.29, 0.717) is 0 Å². The van der Waals surface area contributed by atoms with E-state index in [4.69, 9.17) is 20.0 Å². The first-order valence-electron chi connectivity index (χ1n) is 27.1. The Morgan fingerprint density at radius 2 is 0.700 bits per heavy atom. The third-order valence-electron chi connectivity index (χ3n) is 13.3. The van der Waals surface area contributed by atoms with Crippen LogP contribution in [0.3, 0.4) is 0 Å². The van der Waals surface area contributed by atoms with Crippen molar-refractivity contribution < 1.29 is 0 Å². The Morgan fingerprint density at radius 3 is 1.04 bits per heavy atom. The third-order valence-corrected chi connectivity index (χ3v) is 13.3. The van der Waals surface area contributed by atoms with Crippen molar-refractivity contribution in [3.8, 4) is 47.4 Å². The van der Waals surface area contributed by atoms with Gasteiger partial charge in [-0.1, -0.05) is 83.8 Å². The van der Waals surface area contributed by atoms with Crippen LogP contribution in [0.25, 0.3) is 0 Å². The molecule has 0 radical (unpaired) electrons. The van der Waals surface area contributed by atoms with Crippen LogP contribution in [0.4, 0.5) is 0 Å². The average molecular weight is 931 g/mol. The highest BCUT2D eigenvalue weighted by Crippen LogP contribution is 2.30. The van der Waals surface area contributed by atoms with E-state index >= 15 is 0 Å². The minimum atomic E-state index is 0.761. The number of nitrogens with zero attached hydrogens (tertiary/aromatic N) is 4. The van der Waals surface area contributed by atoms with Gasteiger partial charge in [-0.05, 0) is 225 Å². The second-order valence-electron chi connectivity index (χ2n) is 18.7. The van der Waals surface area contributed by atoms with Crippen molar-refractivity contribution in [1.82, 2.24) is 0 Å². The second kappa shape index (κ2) is 34.4. The molecule has 0 bridgehead atoms. The van der Waals surface area contributed by atoms with Crippen molar-refractivity contribution in [2.24, 2.45) is 20.0 Å². The van der Waals surface area contributed by atoms with Crippen molar-refractivity contribution in [1.29, 1.82) is 0 Å². The lowest BCUT2D eigenvalue weighted by Gasteiger charge is -2.16. The van der Waals surface area contributed by atoms with E-state index in [2.05, 4.69) is 148 Å². The fourth-order valence-electron chi connectivity index (χ4n) is 9.39. The van der Waals surface area contributed by atoms with Gasteiger partial charge in [0.1, 0.15) is 0 Å². The van der Waals surface area contributed by atoms with Gasteiger partial charge in [0.05, 0.1) is 0 Å². The van der Waals surface area contributed by atoms with Crippen LogP contribution in [-0.4, -0.2) is 51.0 Å². The van der Waals surface area contributed by atoms with Crippen LogP contribution in [0.15, 0.2) is 125 Å². The molecule has 2 fully saturated rings. The molecule has 0 N–H and O–H groups in total. The predicted molar refractivity (Wildman–Crippen MR) is 306 cm³/mol. The summed E-state index contributed by atoms with van der Waals surface area (Å²) in [6.45, 7) is 11.6. The average Bonchev–Trinajstić information content (AvgIpc) is 3.39. The summed E-state index contributed by atoms with van der Waals surface area (Å²) in [5, 5.41) is 0. The molecule has 0 heterocycles. The Kier molecular flexibility index (Phi) is 27.0. The van der Waals surface area contributed by atoms with E-state index in [1.165, 1.54) is 109 Å². The molecular formula is C66H82N4. The first-order valence-corrected chi connectivity index (χ1v) is 27.1. The second-order valence-corrected chi connectivity index (χ2v) is 18.7. The van der Waals surface area contributed by atoms with Gasteiger partial charge in [-0.25, -0.2) is 0 Å². The molecule has 4 nitrogen and oxygen atoms in total. The molecule has 70 heavy (non-hydrogen) atoms. The Balaban J connectivity index is 1.32. The highest BCUT2D eigenvalue weighted by atomic mass is 14.7. The quantitative estimate of drug-likeness (QED) is 0.0800. The SMILES string of the molecule is C/C=C\C1=C(C=NCCCC#Cc2cc(C#CCCCN=C/C=C3/CCCC/C3=C/C)c(C#CCCCN=CC3=C(/C=C\C)CCCC3)cc2C#CCCCN=C/C=C2/CCCC/C2=C/C)CCCC1. The highest BCUT2D eigenvalue weighted by Gasteiger charge is 2.12. The van der Waals surface area contributed by atoms with Gasteiger partial charge in [0.2, 0.25) is 0 Å². The molecular weight excluding hydrogens is 849 g/mol. The minimum absolute atomic E-state index is 0.761. The summed E-state index contributed by atoms with van der Waals surface area (Å²) >= 11 is 0. The number of allylic oxidation sites excluding steroid dienone is 16. The van der Waals surface area contributed by atoms with Gasteiger partial charge in [-0.2, -0.15) is 0 Å². The van der Waals surface area contributed by atoms with E-state index in [-0.39, 0.29) is 0 Å². The summed E-state index contributed by atoms with van der Waals surface area (Å²) in [5.74, 6) is 27.9. The van der Waals surface area contributed by atoms with E-state index in [1.807, 2.05) is 12.4 Å². The molecule has 366 valence electrons. The van der Waals surface area contributed by atoms with Crippen LogP contribution in [0.2, 0.25) is 0 Å². The van der Waals surface area contributed by atoms with Crippen LogP contribution in [0, 0.1) is 47.4 Å². The molecule has 0 unspecified atom stereocenters. The Labute approximate surface area is 425 Å². The Hall–Kier alpha value is -5.94. The van der Waals surface area contributed by atoms with Crippen LogP contribution in [0.5, 0.6) is 0 Å². The van der Waals surface area contributed by atoms with Crippen molar-refractivity contribution >= 4 is 24.9 Å². The molecule has 4 heteroatoms. The Bertz CT molecular complexity index is 2330. The highest BCUT2D eigenvalue weighted by molar-refractivity contribution is 5.81. The summed E-state index contributed by atoms with van der Waals surface area (Å²) in [6.07, 6.45) is 52.0. The zero-order valence-corrected chi connectivity index (χ0v) is 43.7. The topological polar surface area (TPSA) is 49.4 Å². The number of unbranched alkanes of at least 4 members (excludes halogenated alkanes) is 4. The van der Waals surface area contributed by atoms with Crippen molar-refractivity contribution in [3.05, 3.63) is 128 Å². The zero-order valence-electron chi connectivity index (χ0n) is 43.7. The fraction of sp³-hybridized carbons (Fsp3) is 0.485. The molecule has 4 aliphatic carbocycles. The smallest absolute Gasteiger partial charge is 0.0415 e. The fourth-order valence-corrected chi connectivity index (χ4v) is 9.39. The van der Waals surface area contributed by atoms with E-state index in [9.17, 15) is 0 Å². The molecule has 0 amide bonds. The van der Waals surface area contributed by atoms with Gasteiger partial charge >= 0.3 is 0 Å². The van der Waals surface area contributed by atoms with Gasteiger partial charge in [0, 0.05) is 99.0 Å². The summed E-state index contributed by atoms with van der Waals surface area (Å²) in [4.78, 5) is 19.1. The molecule has 0 aromatic heterocycles. The zero-order chi connectivity index (χ0) is 49.1. The number of aliphatic imine (C=N–C) groups is 4. The predicted octanol–water partition coefficient (Wildman–Crippen LogP) is 16.3. The van der Waals surface area contributed by atoms with Gasteiger partial charge in [0.15, 0.2) is 0 Å². The molecule has 0 aliphatic heterocycles. The summed E-state index contributed by atoms with van der Waals surface area (Å²) in [5.41, 5.74) is 15.2.